The number of nitrogens with one attached hydrogen (secondary N) is 2. The normalized spacial score (nSPS) is 12.4. The van der Waals surface area contributed by atoms with Crippen molar-refractivity contribution in [2.75, 3.05) is 0 Å². The van der Waals surface area contributed by atoms with Gasteiger partial charge in [-0.25, -0.2) is 24.1 Å². The highest BCUT2D eigenvalue weighted by molar-refractivity contribution is 7.49. The first kappa shape index (κ1) is 49.1. The zero-order valence-corrected chi connectivity index (χ0v) is 38.8. The molecule has 0 aromatic heterocycles. The van der Waals surface area contributed by atoms with Crippen LogP contribution in [-0.4, -0.2) is 22.7 Å². The van der Waals surface area contributed by atoms with Crippen LogP contribution in [0, 0.1) is 0 Å². The van der Waals surface area contributed by atoms with Gasteiger partial charge in [0, 0.05) is 6.42 Å². The van der Waals surface area contributed by atoms with E-state index in [1.165, 1.54) is 25.1 Å². The first-order valence-corrected chi connectivity index (χ1v) is 24.4. The molecule has 7 aromatic rings. The minimum absolute atomic E-state index is 0.171. The fraction of sp³-hybridized carbons (Fsp3) is 0.154. The number of hydrogen-bond donors (Lipinski definition) is 3. The minimum Gasteiger partial charge on any atom is -0.464 e. The van der Waals surface area contributed by atoms with Gasteiger partial charge in [0.15, 0.2) is 17.6 Å². The summed E-state index contributed by atoms with van der Waals surface area (Å²) in [6.45, 7) is 0.731. The maximum absolute atomic E-state index is 14.9. The molecule has 0 aliphatic carbocycles. The predicted octanol–water partition coefficient (Wildman–Crippen LogP) is 11.9. The molecule has 0 aliphatic heterocycles. The number of benzene rings is 7. The maximum atomic E-state index is 14.9. The lowest BCUT2D eigenvalue weighted by atomic mass is 9.92. The third-order valence-electron chi connectivity index (χ3n) is 10.2. The largest absolute Gasteiger partial charge is 0.530 e. The van der Waals surface area contributed by atoms with Crippen LogP contribution in [0.25, 0.3) is 0 Å². The molecule has 16 heteroatoms. The number of hydrogen-bond acceptors (Lipinski definition) is 12. The van der Waals surface area contributed by atoms with Crippen molar-refractivity contribution in [3.8, 4) is 11.5 Å². The quantitative estimate of drug-likeness (QED) is 0.0296. The van der Waals surface area contributed by atoms with Crippen LogP contribution >= 0.6 is 15.6 Å². The Morgan fingerprint density at radius 1 is 0.500 bits per heavy atom. The smallest absolute Gasteiger partial charge is 0.464 e. The average Bonchev–Trinajstić information content (AvgIpc) is 3.37. The van der Waals surface area contributed by atoms with E-state index >= 15 is 0 Å². The molecule has 0 aliphatic rings. The fourth-order valence-corrected chi connectivity index (χ4v) is 9.09. The lowest BCUT2D eigenvalue weighted by Crippen LogP contribution is -2.59. The van der Waals surface area contributed by atoms with Crippen LogP contribution in [0.3, 0.4) is 0 Å². The van der Waals surface area contributed by atoms with Crippen LogP contribution in [0.1, 0.15) is 52.0 Å². The molecule has 0 radical (unpaired) electrons. The number of phosphoric acid groups is 2. The van der Waals surface area contributed by atoms with Gasteiger partial charge in [-0.3, -0.25) is 23.5 Å². The number of carbonyl (C=O) groups is 2. The van der Waals surface area contributed by atoms with Gasteiger partial charge in [-0.15, -0.1) is 0 Å². The van der Waals surface area contributed by atoms with Crippen molar-refractivity contribution in [3.05, 3.63) is 239 Å². The van der Waals surface area contributed by atoms with E-state index in [1.807, 2.05) is 84.9 Å². The van der Waals surface area contributed by atoms with Gasteiger partial charge >= 0.3 is 27.7 Å². The van der Waals surface area contributed by atoms with Gasteiger partial charge in [0.1, 0.15) is 5.54 Å². The number of amides is 1. The van der Waals surface area contributed by atoms with Gasteiger partial charge in [-0.05, 0) is 58.0 Å². The summed E-state index contributed by atoms with van der Waals surface area (Å²) in [7, 11) is -9.21. The molecule has 350 valence electrons. The molecule has 1 atom stereocenters. The second-order valence-electron chi connectivity index (χ2n) is 15.6. The number of rotatable bonds is 24. The van der Waals surface area contributed by atoms with Crippen LogP contribution in [0.5, 0.6) is 11.5 Å². The minimum atomic E-state index is -4.64. The third-order valence-corrected chi connectivity index (χ3v) is 12.9. The molecule has 0 spiro atoms. The Kier molecular flexibility index (Phi) is 17.1. The van der Waals surface area contributed by atoms with Gasteiger partial charge in [0.05, 0.1) is 26.4 Å². The topological polar surface area (TPSA) is 177 Å². The van der Waals surface area contributed by atoms with Gasteiger partial charge in [0.2, 0.25) is 0 Å². The first-order valence-electron chi connectivity index (χ1n) is 21.5. The second-order valence-corrected chi connectivity index (χ2v) is 18.8. The molecular weight excluding hydrogens is 907 g/mol. The first-order chi connectivity index (χ1) is 33.0. The molecule has 0 saturated carbocycles. The molecule has 7 rings (SSSR count). The van der Waals surface area contributed by atoms with Crippen LogP contribution in [0.4, 0.5) is 4.79 Å². The van der Waals surface area contributed by atoms with E-state index in [1.54, 1.807) is 97.1 Å². The van der Waals surface area contributed by atoms with Crippen LogP contribution in [0.2, 0.25) is 0 Å². The molecule has 0 bridgehead atoms. The predicted molar refractivity (Wildman–Crippen MR) is 255 cm³/mol. The number of carbonyl (C=O) groups excluding carboxylic acids is 1. The molecule has 68 heavy (non-hydrogen) atoms. The molecule has 14 nitrogen and oxygen atoms in total. The third kappa shape index (κ3) is 14.6. The summed E-state index contributed by atoms with van der Waals surface area (Å²) in [5.74, 6) is -1.38. The Hall–Kier alpha value is -6.86. The molecule has 0 heterocycles. The number of ether oxygens (including phenoxy) is 1. The van der Waals surface area contributed by atoms with Crippen molar-refractivity contribution < 1.29 is 55.7 Å². The van der Waals surface area contributed by atoms with Gasteiger partial charge < -0.3 is 18.9 Å². The Labute approximate surface area is 395 Å². The number of esters is 1. The van der Waals surface area contributed by atoms with Gasteiger partial charge in [-0.1, -0.05) is 188 Å². The summed E-state index contributed by atoms with van der Waals surface area (Å²) in [4.78, 5) is 26.4. The van der Waals surface area contributed by atoms with Crippen molar-refractivity contribution in [1.82, 2.24) is 10.9 Å². The van der Waals surface area contributed by atoms with Crippen LogP contribution in [-0.2, 0) is 69.6 Å². The average molecular weight is 957 g/mol. The number of hydrazine groups is 1. The fourth-order valence-electron chi connectivity index (χ4n) is 6.73. The van der Waals surface area contributed by atoms with Crippen molar-refractivity contribution >= 4 is 27.7 Å². The second kappa shape index (κ2) is 23.7. The van der Waals surface area contributed by atoms with E-state index < -0.39 is 39.4 Å². The van der Waals surface area contributed by atoms with E-state index in [2.05, 4.69) is 10.9 Å². The van der Waals surface area contributed by atoms with E-state index in [4.69, 9.17) is 31.9 Å². The van der Waals surface area contributed by atoms with Crippen molar-refractivity contribution in [1.29, 1.82) is 0 Å². The SMILES string of the molecule is C[C@@](Cc1ccc(OP(=O)(OCc2ccccc2)OCc2ccccc2)c(OP(=O)(OCc2ccccc2)OCc2ccccc2)c1)(NNC(=O)O)C(=O)OC(c1ccccc1)c1ccccc1. The summed E-state index contributed by atoms with van der Waals surface area (Å²) >= 11 is 0. The van der Waals surface area contributed by atoms with Crippen molar-refractivity contribution in [2.24, 2.45) is 0 Å². The number of phosphoric ester groups is 2. The summed E-state index contributed by atoms with van der Waals surface area (Å²) in [6.07, 6.45) is -2.60. The molecule has 3 N–H and O–H groups in total. The highest BCUT2D eigenvalue weighted by Crippen LogP contribution is 2.57. The summed E-state index contributed by atoms with van der Waals surface area (Å²) < 4.78 is 72.1. The maximum Gasteiger partial charge on any atom is 0.530 e. The summed E-state index contributed by atoms with van der Waals surface area (Å²) in [6, 6.07) is 58.5. The van der Waals surface area contributed by atoms with E-state index in [0.717, 1.165) is 0 Å². The zero-order chi connectivity index (χ0) is 47.7. The lowest BCUT2D eigenvalue weighted by Gasteiger charge is -2.31. The van der Waals surface area contributed by atoms with Crippen molar-refractivity contribution in [2.45, 2.75) is 51.4 Å². The number of carboxylic acid groups (broad SMARTS) is 1. The summed E-state index contributed by atoms with van der Waals surface area (Å²) in [5, 5.41) is 9.71. The van der Waals surface area contributed by atoms with E-state index in [9.17, 15) is 23.8 Å². The molecule has 1 amide bonds. The van der Waals surface area contributed by atoms with E-state index in [-0.39, 0.29) is 44.3 Å². The van der Waals surface area contributed by atoms with Gasteiger partial charge in [-0.2, -0.15) is 0 Å². The monoisotopic (exact) mass is 956 g/mol. The summed E-state index contributed by atoms with van der Waals surface area (Å²) in [5.41, 5.74) is 7.27. The molecule has 0 saturated heterocycles. The Morgan fingerprint density at radius 2 is 0.853 bits per heavy atom. The molecule has 7 aromatic carbocycles. The molecule has 0 unspecified atom stereocenters. The standard InChI is InChI=1S/C52H50N2O12P2/c1-52(54-53-51(56)57,50(55)64-49(45-28-16-6-17-29-45)46-30-18-7-19-31-46)35-44-32-33-47(65-67(58,60-36-40-20-8-2-9-21-40)61-37-41-22-10-3-11-23-41)48(34-44)66-68(59,62-38-42-24-12-4-13-25-42)63-39-43-26-14-5-15-27-43/h2-34,49,53-54H,35-39H2,1H3,(H,56,57)/t52-/m0/s1. The Balaban J connectivity index is 1.27. The zero-order valence-electron chi connectivity index (χ0n) is 37.0. The molecule has 0 fully saturated rings. The Morgan fingerprint density at radius 3 is 1.22 bits per heavy atom. The van der Waals surface area contributed by atoms with E-state index in [0.29, 0.717) is 38.9 Å². The van der Waals surface area contributed by atoms with Gasteiger partial charge in [0.25, 0.3) is 0 Å². The van der Waals surface area contributed by atoms with Crippen LogP contribution in [0.15, 0.2) is 200 Å². The highest BCUT2D eigenvalue weighted by atomic mass is 31.2. The lowest BCUT2D eigenvalue weighted by molar-refractivity contribution is -0.155. The van der Waals surface area contributed by atoms with Crippen molar-refractivity contribution in [3.63, 3.8) is 0 Å². The van der Waals surface area contributed by atoms with Crippen LogP contribution < -0.4 is 19.9 Å². The highest BCUT2D eigenvalue weighted by Gasteiger charge is 2.40. The Bertz CT molecular complexity index is 2640. The molecular formula is C52H50N2O12P2.